The molecule has 24 heavy (non-hydrogen) atoms. The molecule has 2 aromatic rings. The first-order valence-electron chi connectivity index (χ1n) is 8.65. The SMILES string of the molecule is Cl.Cn1nc(C(=O)NC2CN3CC4CCC(C3)C42)c2ccccc21. The summed E-state index contributed by atoms with van der Waals surface area (Å²) in [5.74, 6) is 2.24. The zero-order chi connectivity index (χ0) is 15.6. The van der Waals surface area contributed by atoms with Crippen LogP contribution in [0.25, 0.3) is 10.9 Å². The van der Waals surface area contributed by atoms with Crippen LogP contribution < -0.4 is 5.32 Å². The molecule has 3 unspecified atom stereocenters. The molecule has 128 valence electrons. The Bertz CT molecular complexity index is 774. The van der Waals surface area contributed by atoms with Gasteiger partial charge in [0, 0.05) is 38.1 Å². The van der Waals surface area contributed by atoms with Crippen molar-refractivity contribution in [1.29, 1.82) is 0 Å². The molecule has 5 nitrogen and oxygen atoms in total. The van der Waals surface area contributed by atoms with Gasteiger partial charge in [0.15, 0.2) is 5.69 Å². The standard InChI is InChI=1S/C18H22N4O.ClH/c1-21-15-5-3-2-4-13(15)17(20-21)18(23)19-14-10-22-8-11-6-7-12(9-22)16(11)14;/h2-5,11-12,14,16H,6-10H2,1H3,(H,19,23);1H. The Morgan fingerprint density at radius 3 is 2.62 bits per heavy atom. The molecule has 1 amide bonds. The van der Waals surface area contributed by atoms with E-state index in [0.29, 0.717) is 17.7 Å². The number of carbonyl (C=O) groups excluding carboxylic acids is 1. The van der Waals surface area contributed by atoms with Crippen molar-refractivity contribution in [3.63, 3.8) is 0 Å². The fourth-order valence-corrected chi connectivity index (χ4v) is 5.33. The van der Waals surface area contributed by atoms with Crippen molar-refractivity contribution in [2.24, 2.45) is 24.8 Å². The van der Waals surface area contributed by atoms with Crippen LogP contribution in [0.15, 0.2) is 24.3 Å². The Hall–Kier alpha value is -1.59. The van der Waals surface area contributed by atoms with E-state index in [-0.39, 0.29) is 18.3 Å². The number of piperidine rings is 3. The molecule has 3 aliphatic heterocycles. The number of halogens is 1. The first-order chi connectivity index (χ1) is 11.2. The number of fused-ring (bicyclic) bond motifs is 2. The quantitative estimate of drug-likeness (QED) is 0.905. The van der Waals surface area contributed by atoms with Gasteiger partial charge in [0.25, 0.3) is 5.91 Å². The third-order valence-electron chi connectivity index (χ3n) is 6.19. The molecule has 3 atom stereocenters. The predicted molar refractivity (Wildman–Crippen MR) is 95.4 cm³/mol. The van der Waals surface area contributed by atoms with E-state index in [4.69, 9.17) is 0 Å². The molecule has 0 spiro atoms. The number of amides is 1. The first-order valence-corrected chi connectivity index (χ1v) is 8.65. The topological polar surface area (TPSA) is 50.2 Å². The molecule has 6 rings (SSSR count). The summed E-state index contributed by atoms with van der Waals surface area (Å²) in [6, 6.07) is 8.24. The third kappa shape index (κ3) is 2.25. The summed E-state index contributed by atoms with van der Waals surface area (Å²) < 4.78 is 1.80. The van der Waals surface area contributed by atoms with Crippen molar-refractivity contribution < 1.29 is 4.79 Å². The van der Waals surface area contributed by atoms with Crippen LogP contribution in [0, 0.1) is 17.8 Å². The molecule has 0 radical (unpaired) electrons. The number of rotatable bonds is 2. The average molecular weight is 347 g/mol. The van der Waals surface area contributed by atoms with Crippen molar-refractivity contribution in [2.45, 2.75) is 18.9 Å². The number of benzene rings is 1. The molecule has 1 saturated carbocycles. The summed E-state index contributed by atoms with van der Waals surface area (Å²) in [6.07, 6.45) is 2.68. The molecule has 6 heteroatoms. The van der Waals surface area contributed by atoms with Gasteiger partial charge in [-0.05, 0) is 36.7 Å². The van der Waals surface area contributed by atoms with E-state index in [1.54, 1.807) is 4.68 Å². The van der Waals surface area contributed by atoms with Gasteiger partial charge >= 0.3 is 0 Å². The van der Waals surface area contributed by atoms with Gasteiger partial charge in [0.05, 0.1) is 5.52 Å². The van der Waals surface area contributed by atoms with Crippen molar-refractivity contribution >= 4 is 29.2 Å². The minimum Gasteiger partial charge on any atom is -0.346 e. The highest BCUT2D eigenvalue weighted by atomic mass is 35.5. The van der Waals surface area contributed by atoms with Gasteiger partial charge < -0.3 is 10.2 Å². The van der Waals surface area contributed by atoms with Gasteiger partial charge in [-0.2, -0.15) is 5.10 Å². The number of hydrogen-bond acceptors (Lipinski definition) is 3. The lowest BCUT2D eigenvalue weighted by Crippen LogP contribution is -2.62. The van der Waals surface area contributed by atoms with E-state index in [1.807, 2.05) is 31.3 Å². The van der Waals surface area contributed by atoms with Crippen LogP contribution in [0.1, 0.15) is 23.3 Å². The molecule has 3 saturated heterocycles. The van der Waals surface area contributed by atoms with E-state index in [1.165, 1.54) is 25.9 Å². The largest absolute Gasteiger partial charge is 0.346 e. The minimum atomic E-state index is -0.0139. The van der Waals surface area contributed by atoms with Crippen LogP contribution in [0.4, 0.5) is 0 Å². The van der Waals surface area contributed by atoms with Crippen molar-refractivity contribution in [2.75, 3.05) is 19.6 Å². The maximum Gasteiger partial charge on any atom is 0.272 e. The lowest BCUT2D eigenvalue weighted by Gasteiger charge is -2.49. The van der Waals surface area contributed by atoms with Crippen molar-refractivity contribution in [3.05, 3.63) is 30.0 Å². The zero-order valence-corrected chi connectivity index (χ0v) is 14.6. The second-order valence-electron chi connectivity index (χ2n) is 7.46. The van der Waals surface area contributed by atoms with Gasteiger partial charge in [0.2, 0.25) is 0 Å². The van der Waals surface area contributed by atoms with Crippen molar-refractivity contribution in [1.82, 2.24) is 20.0 Å². The van der Waals surface area contributed by atoms with Crippen LogP contribution in [0.5, 0.6) is 0 Å². The van der Waals surface area contributed by atoms with E-state index >= 15 is 0 Å². The lowest BCUT2D eigenvalue weighted by molar-refractivity contribution is 0.00958. The average Bonchev–Trinajstić information content (AvgIpc) is 3.06. The number of carbonyl (C=O) groups is 1. The number of aromatic nitrogens is 2. The Balaban J connectivity index is 0.00000146. The maximum atomic E-state index is 12.8. The van der Waals surface area contributed by atoms with Crippen LogP contribution in [0.3, 0.4) is 0 Å². The highest BCUT2D eigenvalue weighted by Crippen LogP contribution is 2.47. The molecule has 1 aromatic carbocycles. The van der Waals surface area contributed by atoms with Crippen LogP contribution >= 0.6 is 12.4 Å². The smallest absolute Gasteiger partial charge is 0.272 e. The molecule has 4 heterocycles. The first kappa shape index (κ1) is 15.9. The summed E-state index contributed by atoms with van der Waals surface area (Å²) in [5.41, 5.74) is 1.57. The van der Waals surface area contributed by atoms with Gasteiger partial charge in [-0.3, -0.25) is 9.48 Å². The normalized spacial score (nSPS) is 33.5. The van der Waals surface area contributed by atoms with E-state index < -0.39 is 0 Å². The fraction of sp³-hybridized carbons (Fsp3) is 0.556. The van der Waals surface area contributed by atoms with Gasteiger partial charge in [-0.1, -0.05) is 18.2 Å². The summed E-state index contributed by atoms with van der Waals surface area (Å²) in [6.45, 7) is 3.48. The second kappa shape index (κ2) is 5.74. The summed E-state index contributed by atoms with van der Waals surface area (Å²) in [7, 11) is 1.90. The third-order valence-corrected chi connectivity index (χ3v) is 6.19. The van der Waals surface area contributed by atoms with Crippen LogP contribution in [-0.4, -0.2) is 46.3 Å². The molecule has 1 aliphatic carbocycles. The predicted octanol–water partition coefficient (Wildman–Crippen LogP) is 2.07. The van der Waals surface area contributed by atoms with Crippen LogP contribution in [-0.2, 0) is 7.05 Å². The molecule has 1 aromatic heterocycles. The van der Waals surface area contributed by atoms with E-state index in [9.17, 15) is 4.79 Å². The van der Waals surface area contributed by atoms with Gasteiger partial charge in [-0.15, -0.1) is 12.4 Å². The van der Waals surface area contributed by atoms with E-state index in [2.05, 4.69) is 15.3 Å². The molecule has 4 aliphatic rings. The summed E-state index contributed by atoms with van der Waals surface area (Å²) in [5, 5.41) is 8.72. The molecule has 4 fully saturated rings. The molecular formula is C18H23ClN4O. The monoisotopic (exact) mass is 346 g/mol. The second-order valence-corrected chi connectivity index (χ2v) is 7.46. The molecular weight excluding hydrogens is 324 g/mol. The summed E-state index contributed by atoms with van der Waals surface area (Å²) in [4.78, 5) is 15.4. The highest BCUT2D eigenvalue weighted by molar-refractivity contribution is 6.05. The molecule has 4 bridgehead atoms. The number of aryl methyl sites for hydroxylation is 1. The fourth-order valence-electron chi connectivity index (χ4n) is 5.33. The Labute approximate surface area is 147 Å². The molecule has 1 N–H and O–H groups in total. The Morgan fingerprint density at radius 1 is 1.17 bits per heavy atom. The summed E-state index contributed by atoms with van der Waals surface area (Å²) >= 11 is 0. The van der Waals surface area contributed by atoms with Crippen molar-refractivity contribution in [3.8, 4) is 0 Å². The van der Waals surface area contributed by atoms with Gasteiger partial charge in [-0.25, -0.2) is 0 Å². The Kier molecular flexibility index (Phi) is 3.81. The Morgan fingerprint density at radius 2 is 1.88 bits per heavy atom. The maximum absolute atomic E-state index is 12.8. The van der Waals surface area contributed by atoms with E-state index in [0.717, 1.165) is 29.3 Å². The number of para-hydroxylation sites is 1. The minimum absolute atomic E-state index is 0. The number of nitrogens with one attached hydrogen (secondary N) is 1. The van der Waals surface area contributed by atoms with Gasteiger partial charge in [0.1, 0.15) is 0 Å². The number of hydrogen-bond donors (Lipinski definition) is 1. The number of nitrogens with zero attached hydrogens (tertiary/aromatic N) is 3. The lowest BCUT2D eigenvalue weighted by atomic mass is 9.75. The highest BCUT2D eigenvalue weighted by Gasteiger charge is 2.50. The van der Waals surface area contributed by atoms with Crippen LogP contribution in [0.2, 0.25) is 0 Å². The zero-order valence-electron chi connectivity index (χ0n) is 13.8.